The number of rotatable bonds is 5. The van der Waals surface area contributed by atoms with Crippen molar-refractivity contribution >= 4 is 15.7 Å². The van der Waals surface area contributed by atoms with Crippen LogP contribution in [0, 0.1) is 0 Å². The van der Waals surface area contributed by atoms with Crippen LogP contribution in [0.2, 0.25) is 0 Å². The molecule has 2 N–H and O–H groups in total. The lowest BCUT2D eigenvalue weighted by Gasteiger charge is -1.86. The molecule has 0 atom stereocenters. The first kappa shape index (κ1) is 10.0. The van der Waals surface area contributed by atoms with E-state index in [0.717, 1.165) is 13.1 Å². The molecule has 0 amide bonds. The first-order chi connectivity index (χ1) is 5.33. The molecule has 57 valence electrons. The largest absolute Gasteiger partial charge is 0.326 e. The average Bonchev–Trinajstić information content (AvgIpc) is 2.04. The zero-order chi connectivity index (χ0) is 8.95. The van der Waals surface area contributed by atoms with E-state index in [0.29, 0.717) is 12.9 Å². The minimum Gasteiger partial charge on any atom is -0.326 e. The van der Waals surface area contributed by atoms with Crippen LogP contribution in [0.15, 0.2) is 0 Å². The quantitative estimate of drug-likeness (QED) is 0.384. The Morgan fingerprint density at radius 1 is 1.40 bits per heavy atom. The molecule has 0 saturated heterocycles. The first-order valence-electron chi connectivity index (χ1n) is 4.22. The second kappa shape index (κ2) is 16.0. The molecule has 0 spiro atoms. The van der Waals surface area contributed by atoms with Crippen LogP contribution in [0.25, 0.3) is 0 Å². The molecule has 0 aromatic carbocycles. The summed E-state index contributed by atoms with van der Waals surface area (Å²) in [6, 6.07) is 0. The Bertz CT molecular complexity index is 51.8. The van der Waals surface area contributed by atoms with E-state index in [1.807, 2.05) is 13.8 Å². The molecular weight excluding hydrogens is 122 g/mol. The highest BCUT2D eigenvalue weighted by Crippen LogP contribution is 1.43. The van der Waals surface area contributed by atoms with Crippen molar-refractivity contribution in [3.63, 3.8) is 0 Å². The highest BCUT2D eigenvalue weighted by Gasteiger charge is 1.63. The third-order valence-corrected chi connectivity index (χ3v) is 0.789. The van der Waals surface area contributed by atoms with E-state index in [-0.39, 0.29) is 0 Å². The third-order valence-electron chi connectivity index (χ3n) is 0.789. The molecule has 10 heavy (non-hydrogen) atoms. The summed E-state index contributed by atoms with van der Waals surface area (Å²) in [7, 11) is 6.38. The van der Waals surface area contributed by atoms with Gasteiger partial charge in [-0.25, -0.2) is 0 Å². The van der Waals surface area contributed by atoms with E-state index >= 15 is 0 Å². The van der Waals surface area contributed by atoms with Crippen molar-refractivity contribution in [3.8, 4) is 0 Å². The van der Waals surface area contributed by atoms with Gasteiger partial charge in [-0.1, -0.05) is 13.8 Å². The van der Waals surface area contributed by atoms with E-state index in [9.17, 15) is 0 Å². The molecule has 0 saturated carbocycles. The summed E-state index contributed by atoms with van der Waals surface area (Å²) in [4.78, 5) is 0. The first-order valence-corrected chi connectivity index (χ1v) is 3.64. The maximum Gasteiger partial charge on any atom is 0.106 e. The summed E-state index contributed by atoms with van der Waals surface area (Å²) >= 11 is 0. The molecule has 0 aromatic heterocycles. The van der Waals surface area contributed by atoms with Gasteiger partial charge in [0.05, 0.1) is 7.85 Å². The second-order valence-corrected chi connectivity index (χ2v) is 1.62. The summed E-state index contributed by atoms with van der Waals surface area (Å²) in [5.74, 6) is 0. The summed E-state index contributed by atoms with van der Waals surface area (Å²) < 4.78 is 6.52. The van der Waals surface area contributed by atoms with Crippen LogP contribution in [0.5, 0.6) is 0 Å². The maximum absolute atomic E-state index is 6.52. The van der Waals surface area contributed by atoms with Crippen LogP contribution in [-0.2, 0) is 0 Å². The lowest BCUT2D eigenvalue weighted by atomic mass is 10.2. The van der Waals surface area contributed by atoms with Gasteiger partial charge in [0, 0.05) is 0 Å². The van der Waals surface area contributed by atoms with E-state index in [1.54, 1.807) is 0 Å². The molecule has 3 radical (unpaired) electrons. The Balaban J connectivity index is 0. The molecule has 0 rings (SSSR count). The van der Waals surface area contributed by atoms with Gasteiger partial charge in [-0.2, -0.15) is 0 Å². The molecular formula is C6H17B2N2. The Labute approximate surface area is 68.3 Å². The number of nitrogens with one attached hydrogen (secondary N) is 2. The minimum atomic E-state index is 0.594. The fourth-order valence-electron chi connectivity index (χ4n) is 0.289. The smallest absolute Gasteiger partial charge is 0.106 e. The van der Waals surface area contributed by atoms with Gasteiger partial charge in [-0.3, -0.25) is 0 Å². The lowest BCUT2D eigenvalue weighted by Crippen LogP contribution is -2.13. The third kappa shape index (κ3) is 24.4. The van der Waals surface area contributed by atoms with Crippen molar-refractivity contribution in [1.82, 2.24) is 10.6 Å². The van der Waals surface area contributed by atoms with Crippen LogP contribution in [0.4, 0.5) is 0 Å². The molecule has 4 heteroatoms. The molecule has 0 bridgehead atoms. The molecule has 0 aliphatic rings. The monoisotopic (exact) mass is 140 g/mol. The van der Waals surface area contributed by atoms with Gasteiger partial charge < -0.3 is 10.6 Å². The van der Waals surface area contributed by atoms with Crippen molar-refractivity contribution in [3.05, 3.63) is 0 Å². The highest BCUT2D eigenvalue weighted by atomic mass is 14.8. The number of hydrogen-bond acceptors (Lipinski definition) is 2. The minimum absolute atomic E-state index is 0.594. The molecule has 0 aliphatic carbocycles. The lowest BCUT2D eigenvalue weighted by molar-refractivity contribution is 0.834. The van der Waals surface area contributed by atoms with Crippen molar-refractivity contribution in [1.29, 1.82) is 1.34 Å². The van der Waals surface area contributed by atoms with E-state index in [2.05, 4.69) is 10.6 Å². The van der Waals surface area contributed by atoms with Crippen molar-refractivity contribution in [2.24, 2.45) is 0 Å². The van der Waals surface area contributed by atoms with Crippen molar-refractivity contribution in [2.45, 2.75) is 13.8 Å². The Morgan fingerprint density at radius 2 is 2.00 bits per heavy atom. The average molecular weight is 140 g/mol. The molecule has 0 aliphatic heterocycles. The Morgan fingerprint density at radius 3 is 2.10 bits per heavy atom. The molecule has 0 aromatic rings. The zero-order valence-electron chi connectivity index (χ0n) is 7.98. The zero-order valence-corrected chi connectivity index (χ0v) is 6.98. The Kier molecular flexibility index (Phi) is 16.1. The van der Waals surface area contributed by atoms with Gasteiger partial charge in [0.25, 0.3) is 0 Å². The Hall–Kier alpha value is 0.0499. The molecule has 2 nitrogen and oxygen atoms in total. The van der Waals surface area contributed by atoms with Gasteiger partial charge in [0.15, 0.2) is 0 Å². The summed E-state index contributed by atoms with van der Waals surface area (Å²) in [6.07, 6.45) is 1.30. The van der Waals surface area contributed by atoms with Gasteiger partial charge in [-0.05, 0) is 27.3 Å². The summed E-state index contributed by atoms with van der Waals surface area (Å²) in [5, 5.41) is 5.84. The standard InChI is InChI=1S/C3H9BN.C3H8BN/c2*1-2-5-3-4/h4-5H,2-3H2,1H3;5H,2-3H2,1H3/i4D;. The predicted molar refractivity (Wildman–Crippen MR) is 50.0 cm³/mol. The topological polar surface area (TPSA) is 24.1 Å². The maximum atomic E-state index is 6.52. The van der Waals surface area contributed by atoms with E-state index in [1.165, 1.54) is 7.81 Å². The van der Waals surface area contributed by atoms with Gasteiger partial charge in [0.2, 0.25) is 0 Å². The van der Waals surface area contributed by atoms with Crippen LogP contribution < -0.4 is 10.6 Å². The normalized spacial score (nSPS) is 9.20. The second-order valence-electron chi connectivity index (χ2n) is 1.62. The summed E-state index contributed by atoms with van der Waals surface area (Å²) in [6.45, 7) is 5.96. The van der Waals surface area contributed by atoms with Crippen molar-refractivity contribution in [2.75, 3.05) is 26.0 Å². The highest BCUT2D eigenvalue weighted by molar-refractivity contribution is 6.08. The van der Waals surface area contributed by atoms with E-state index in [4.69, 9.17) is 9.18 Å². The fourth-order valence-corrected chi connectivity index (χ4v) is 0.289. The van der Waals surface area contributed by atoms with Crippen LogP contribution in [0.3, 0.4) is 0 Å². The summed E-state index contributed by atoms with van der Waals surface area (Å²) in [5.41, 5.74) is 0. The predicted octanol–water partition coefficient (Wildman–Crippen LogP) is -0.824. The van der Waals surface area contributed by atoms with Crippen molar-refractivity contribution < 1.29 is 0 Å². The fraction of sp³-hybridized carbons (Fsp3) is 1.00. The molecule has 0 unspecified atom stereocenters. The van der Waals surface area contributed by atoms with Crippen LogP contribution in [0.1, 0.15) is 13.8 Å². The van der Waals surface area contributed by atoms with Gasteiger partial charge in [0.1, 0.15) is 7.81 Å². The molecule has 0 fully saturated rings. The van der Waals surface area contributed by atoms with Crippen LogP contribution in [-0.4, -0.2) is 43.0 Å². The molecule has 0 heterocycles. The SMILES string of the molecule is [2H][B]CNCC.[B]CNCC. The van der Waals surface area contributed by atoms with E-state index < -0.39 is 0 Å². The van der Waals surface area contributed by atoms with Gasteiger partial charge >= 0.3 is 0 Å². The van der Waals surface area contributed by atoms with Crippen LogP contribution >= 0.6 is 0 Å². The van der Waals surface area contributed by atoms with Gasteiger partial charge in [-0.15, -0.1) is 0 Å². The number of hydrogen-bond donors (Lipinski definition) is 2.